The van der Waals surface area contributed by atoms with Gasteiger partial charge in [-0.3, -0.25) is 0 Å². The highest BCUT2D eigenvalue weighted by Gasteiger charge is 2.13. The highest BCUT2D eigenvalue weighted by Crippen LogP contribution is 2.17. The maximum atomic E-state index is 12.0. The highest BCUT2D eigenvalue weighted by molar-refractivity contribution is 5.89. The number of hydrogen-bond donors (Lipinski definition) is 3. The summed E-state index contributed by atoms with van der Waals surface area (Å²) in [4.78, 5) is 12.0. The topological polar surface area (TPSA) is 53.2 Å². The van der Waals surface area contributed by atoms with E-state index in [-0.39, 0.29) is 18.1 Å². The fraction of sp³-hybridized carbons (Fsp3) is 0.588. The Morgan fingerprint density at radius 2 is 1.90 bits per heavy atom. The van der Waals surface area contributed by atoms with E-state index < -0.39 is 0 Å². The molecule has 1 aromatic rings. The summed E-state index contributed by atoms with van der Waals surface area (Å²) in [5.74, 6) is 0.468. The van der Waals surface area contributed by atoms with E-state index in [0.717, 1.165) is 18.7 Å². The lowest BCUT2D eigenvalue weighted by atomic mass is 10.0. The van der Waals surface area contributed by atoms with Gasteiger partial charge in [-0.05, 0) is 44.0 Å². The molecule has 0 bridgehead atoms. The van der Waals surface area contributed by atoms with Gasteiger partial charge in [0.25, 0.3) is 0 Å². The molecule has 3 atom stereocenters. The Kier molecular flexibility index (Phi) is 7.23. The van der Waals surface area contributed by atoms with Crippen LogP contribution in [0.25, 0.3) is 0 Å². The van der Waals surface area contributed by atoms with Gasteiger partial charge in [0.2, 0.25) is 0 Å². The van der Waals surface area contributed by atoms with E-state index >= 15 is 0 Å². The standard InChI is InChI=1S/C17H29N3O/c1-6-12(3)13(4)19-17(21)20-16-10-8-9-15(11-16)14(5)18-7-2/h8-14,18H,6-7H2,1-5H3,(H2,19,20,21). The summed E-state index contributed by atoms with van der Waals surface area (Å²) < 4.78 is 0. The SMILES string of the molecule is CCNC(C)c1cccc(NC(=O)NC(C)C(C)CC)c1. The van der Waals surface area contributed by atoms with Gasteiger partial charge < -0.3 is 16.0 Å². The fourth-order valence-electron chi connectivity index (χ4n) is 2.18. The van der Waals surface area contributed by atoms with E-state index in [2.05, 4.69) is 49.7 Å². The van der Waals surface area contributed by atoms with Crippen LogP contribution in [0, 0.1) is 5.92 Å². The normalized spacial score (nSPS) is 15.1. The molecule has 1 rings (SSSR count). The molecule has 0 heterocycles. The van der Waals surface area contributed by atoms with Gasteiger partial charge in [-0.1, -0.05) is 39.3 Å². The third-order valence-electron chi connectivity index (χ3n) is 4.01. The average molecular weight is 291 g/mol. The van der Waals surface area contributed by atoms with E-state index in [0.29, 0.717) is 5.92 Å². The Labute approximate surface area is 128 Å². The van der Waals surface area contributed by atoms with Gasteiger partial charge in [-0.25, -0.2) is 4.79 Å². The van der Waals surface area contributed by atoms with Gasteiger partial charge in [0.05, 0.1) is 0 Å². The number of amides is 2. The van der Waals surface area contributed by atoms with E-state index in [1.165, 1.54) is 5.56 Å². The second kappa shape index (κ2) is 8.67. The Morgan fingerprint density at radius 3 is 2.52 bits per heavy atom. The van der Waals surface area contributed by atoms with Crippen molar-refractivity contribution in [2.24, 2.45) is 5.92 Å². The molecular weight excluding hydrogens is 262 g/mol. The zero-order chi connectivity index (χ0) is 15.8. The van der Waals surface area contributed by atoms with Crippen molar-refractivity contribution in [2.75, 3.05) is 11.9 Å². The Balaban J connectivity index is 2.62. The van der Waals surface area contributed by atoms with Gasteiger partial charge in [-0.2, -0.15) is 0 Å². The summed E-state index contributed by atoms with van der Waals surface area (Å²) in [6.45, 7) is 11.4. The van der Waals surface area contributed by atoms with E-state index in [1.54, 1.807) is 0 Å². The molecule has 21 heavy (non-hydrogen) atoms. The lowest BCUT2D eigenvalue weighted by molar-refractivity contribution is 0.244. The van der Waals surface area contributed by atoms with E-state index in [1.807, 2.05) is 25.1 Å². The summed E-state index contributed by atoms with van der Waals surface area (Å²) in [5, 5.41) is 9.27. The first-order chi connectivity index (χ1) is 9.97. The molecule has 0 saturated heterocycles. The minimum atomic E-state index is -0.143. The minimum absolute atomic E-state index is 0.143. The number of carbonyl (C=O) groups is 1. The van der Waals surface area contributed by atoms with Crippen molar-refractivity contribution in [3.8, 4) is 0 Å². The summed E-state index contributed by atoms with van der Waals surface area (Å²) in [6, 6.07) is 8.26. The molecule has 3 unspecified atom stereocenters. The summed E-state index contributed by atoms with van der Waals surface area (Å²) in [5.41, 5.74) is 2.00. The van der Waals surface area contributed by atoms with Crippen LogP contribution in [-0.2, 0) is 0 Å². The maximum Gasteiger partial charge on any atom is 0.319 e. The van der Waals surface area contributed by atoms with E-state index in [4.69, 9.17) is 0 Å². The number of urea groups is 1. The molecule has 0 spiro atoms. The minimum Gasteiger partial charge on any atom is -0.335 e. The van der Waals surface area contributed by atoms with Crippen molar-refractivity contribution in [2.45, 2.75) is 53.1 Å². The second-order valence-electron chi connectivity index (χ2n) is 5.68. The zero-order valence-electron chi connectivity index (χ0n) is 13.9. The highest BCUT2D eigenvalue weighted by atomic mass is 16.2. The quantitative estimate of drug-likeness (QED) is 0.713. The van der Waals surface area contributed by atoms with Crippen molar-refractivity contribution < 1.29 is 4.79 Å². The third kappa shape index (κ3) is 5.76. The van der Waals surface area contributed by atoms with Crippen molar-refractivity contribution in [1.82, 2.24) is 10.6 Å². The Morgan fingerprint density at radius 1 is 1.19 bits per heavy atom. The number of nitrogens with one attached hydrogen (secondary N) is 3. The molecule has 0 aliphatic rings. The van der Waals surface area contributed by atoms with Crippen LogP contribution in [0.5, 0.6) is 0 Å². The van der Waals surface area contributed by atoms with Crippen molar-refractivity contribution in [3.63, 3.8) is 0 Å². The molecule has 0 aliphatic carbocycles. The largest absolute Gasteiger partial charge is 0.335 e. The van der Waals surface area contributed by atoms with Crippen LogP contribution in [-0.4, -0.2) is 18.6 Å². The van der Waals surface area contributed by atoms with Gasteiger partial charge in [0, 0.05) is 17.8 Å². The molecule has 3 N–H and O–H groups in total. The van der Waals surface area contributed by atoms with Gasteiger partial charge >= 0.3 is 6.03 Å². The van der Waals surface area contributed by atoms with Gasteiger partial charge in [0.15, 0.2) is 0 Å². The van der Waals surface area contributed by atoms with Gasteiger partial charge in [-0.15, -0.1) is 0 Å². The number of anilines is 1. The van der Waals surface area contributed by atoms with E-state index in [9.17, 15) is 4.79 Å². The first-order valence-corrected chi connectivity index (χ1v) is 7.88. The lowest BCUT2D eigenvalue weighted by Crippen LogP contribution is -2.39. The predicted octanol–water partition coefficient (Wildman–Crippen LogP) is 3.91. The number of benzene rings is 1. The molecule has 0 radical (unpaired) electrons. The van der Waals surface area contributed by atoms with Crippen LogP contribution in [0.15, 0.2) is 24.3 Å². The molecule has 4 heteroatoms. The molecule has 0 fully saturated rings. The average Bonchev–Trinajstić information content (AvgIpc) is 2.46. The molecule has 0 aromatic heterocycles. The first-order valence-electron chi connectivity index (χ1n) is 7.88. The van der Waals surface area contributed by atoms with Crippen LogP contribution in [0.4, 0.5) is 10.5 Å². The third-order valence-corrected chi connectivity index (χ3v) is 4.01. The van der Waals surface area contributed by atoms with Crippen molar-refractivity contribution >= 4 is 11.7 Å². The van der Waals surface area contributed by atoms with Gasteiger partial charge in [0.1, 0.15) is 0 Å². The Bertz CT molecular complexity index is 447. The zero-order valence-corrected chi connectivity index (χ0v) is 13.9. The second-order valence-corrected chi connectivity index (χ2v) is 5.68. The molecule has 1 aromatic carbocycles. The van der Waals surface area contributed by atoms with Crippen molar-refractivity contribution in [1.29, 1.82) is 0 Å². The van der Waals surface area contributed by atoms with Crippen molar-refractivity contribution in [3.05, 3.63) is 29.8 Å². The van der Waals surface area contributed by atoms with Crippen LogP contribution in [0.3, 0.4) is 0 Å². The van der Waals surface area contributed by atoms with Crippen LogP contribution < -0.4 is 16.0 Å². The monoisotopic (exact) mass is 291 g/mol. The first kappa shape index (κ1) is 17.5. The molecular formula is C17H29N3O. The Hall–Kier alpha value is -1.55. The summed E-state index contributed by atoms with van der Waals surface area (Å²) in [7, 11) is 0. The van der Waals surface area contributed by atoms with Crippen LogP contribution in [0.2, 0.25) is 0 Å². The maximum absolute atomic E-state index is 12.0. The lowest BCUT2D eigenvalue weighted by Gasteiger charge is -2.20. The predicted molar refractivity (Wildman–Crippen MR) is 89.6 cm³/mol. The summed E-state index contributed by atoms with van der Waals surface area (Å²) in [6.07, 6.45) is 1.05. The summed E-state index contributed by atoms with van der Waals surface area (Å²) >= 11 is 0. The van der Waals surface area contributed by atoms with Crippen LogP contribution >= 0.6 is 0 Å². The fourth-order valence-corrected chi connectivity index (χ4v) is 2.18. The molecule has 2 amide bonds. The van der Waals surface area contributed by atoms with Crippen LogP contribution in [0.1, 0.15) is 52.6 Å². The molecule has 0 aliphatic heterocycles. The number of hydrogen-bond acceptors (Lipinski definition) is 2. The smallest absolute Gasteiger partial charge is 0.319 e. The molecule has 0 saturated carbocycles. The number of rotatable bonds is 7. The molecule has 4 nitrogen and oxygen atoms in total. The molecule has 118 valence electrons. The number of carbonyl (C=O) groups excluding carboxylic acids is 1.